The van der Waals surface area contributed by atoms with E-state index in [-0.39, 0.29) is 11.8 Å². The zero-order valence-corrected chi connectivity index (χ0v) is 14.3. The van der Waals surface area contributed by atoms with Crippen LogP contribution in [0.3, 0.4) is 0 Å². The number of carbonyl (C=O) groups is 2. The first-order valence-corrected chi connectivity index (χ1v) is 8.35. The van der Waals surface area contributed by atoms with Gasteiger partial charge in [-0.05, 0) is 48.7 Å². The summed E-state index contributed by atoms with van der Waals surface area (Å²) < 4.78 is 0. The van der Waals surface area contributed by atoms with Crippen molar-refractivity contribution >= 4 is 29.1 Å². The van der Waals surface area contributed by atoms with Crippen LogP contribution in [0.1, 0.15) is 34.3 Å². The molecule has 2 amide bonds. The average Bonchev–Trinajstić information content (AvgIpc) is 2.96. The molecule has 1 aliphatic rings. The highest BCUT2D eigenvalue weighted by Crippen LogP contribution is 2.21. The fraction of sp³-hybridized carbons (Fsp3) is 0.263. The van der Waals surface area contributed by atoms with Gasteiger partial charge in [-0.15, -0.1) is 0 Å². The number of nitrogens with zero attached hydrogens (tertiary/aromatic N) is 1. The highest BCUT2D eigenvalue weighted by atomic mass is 35.5. The molecule has 1 aliphatic heterocycles. The van der Waals surface area contributed by atoms with Crippen LogP contribution in [0, 0.1) is 6.92 Å². The fourth-order valence-electron chi connectivity index (χ4n) is 2.83. The Balaban J connectivity index is 1.74. The topological polar surface area (TPSA) is 49.4 Å². The van der Waals surface area contributed by atoms with Crippen LogP contribution in [0.5, 0.6) is 0 Å². The number of aryl methyl sites for hydroxylation is 1. The van der Waals surface area contributed by atoms with Crippen LogP contribution in [0.25, 0.3) is 0 Å². The number of halogens is 1. The van der Waals surface area contributed by atoms with E-state index in [1.54, 1.807) is 18.2 Å². The molecule has 2 aromatic carbocycles. The molecule has 0 unspecified atom stereocenters. The first kappa shape index (κ1) is 16.5. The second-order valence-corrected chi connectivity index (χ2v) is 6.47. The molecule has 1 saturated heterocycles. The van der Waals surface area contributed by atoms with Gasteiger partial charge in [-0.1, -0.05) is 29.8 Å². The molecule has 0 atom stereocenters. The summed E-state index contributed by atoms with van der Waals surface area (Å²) in [5.74, 6) is -0.00521. The minimum Gasteiger partial charge on any atom is -0.338 e. The van der Waals surface area contributed by atoms with Crippen LogP contribution in [0.2, 0.25) is 5.02 Å². The molecule has 0 spiro atoms. The monoisotopic (exact) mass is 342 g/mol. The Morgan fingerprint density at radius 2 is 2.08 bits per heavy atom. The minimum absolute atomic E-state index is 0.180. The number of benzene rings is 2. The van der Waals surface area contributed by atoms with E-state index >= 15 is 0 Å². The highest BCUT2D eigenvalue weighted by molar-refractivity contribution is 6.31. The Bertz CT molecular complexity index is 789. The third kappa shape index (κ3) is 3.77. The SMILES string of the molecule is Cc1ccc(Cl)cc1NC(=O)c1cccc(CN2CCCC2=O)c1. The summed E-state index contributed by atoms with van der Waals surface area (Å²) in [6.45, 7) is 3.26. The van der Waals surface area contributed by atoms with Crippen molar-refractivity contribution in [3.63, 3.8) is 0 Å². The van der Waals surface area contributed by atoms with Crippen molar-refractivity contribution in [2.45, 2.75) is 26.3 Å². The maximum Gasteiger partial charge on any atom is 0.255 e. The van der Waals surface area contributed by atoms with Gasteiger partial charge in [0.15, 0.2) is 0 Å². The summed E-state index contributed by atoms with van der Waals surface area (Å²) in [5, 5.41) is 3.47. The van der Waals surface area contributed by atoms with E-state index in [4.69, 9.17) is 11.6 Å². The molecule has 4 nitrogen and oxygen atoms in total. The van der Waals surface area contributed by atoms with Gasteiger partial charge in [0.25, 0.3) is 5.91 Å². The second-order valence-electron chi connectivity index (χ2n) is 6.03. The van der Waals surface area contributed by atoms with E-state index in [0.717, 1.165) is 24.1 Å². The largest absolute Gasteiger partial charge is 0.338 e. The molecule has 24 heavy (non-hydrogen) atoms. The number of hydrogen-bond donors (Lipinski definition) is 1. The predicted octanol–water partition coefficient (Wildman–Crippen LogP) is 4.02. The van der Waals surface area contributed by atoms with Crippen LogP contribution in [-0.4, -0.2) is 23.3 Å². The summed E-state index contributed by atoms with van der Waals surface area (Å²) in [4.78, 5) is 26.1. The van der Waals surface area contributed by atoms with Gasteiger partial charge >= 0.3 is 0 Å². The molecular weight excluding hydrogens is 324 g/mol. The number of carbonyl (C=O) groups excluding carboxylic acids is 2. The zero-order valence-electron chi connectivity index (χ0n) is 13.5. The lowest BCUT2D eigenvalue weighted by Gasteiger charge is -2.16. The molecule has 3 rings (SSSR count). The predicted molar refractivity (Wildman–Crippen MR) is 95.2 cm³/mol. The van der Waals surface area contributed by atoms with E-state index in [1.807, 2.05) is 36.1 Å². The van der Waals surface area contributed by atoms with E-state index in [2.05, 4.69) is 5.32 Å². The van der Waals surface area contributed by atoms with Gasteiger partial charge in [-0.25, -0.2) is 0 Å². The van der Waals surface area contributed by atoms with Crippen molar-refractivity contribution in [2.24, 2.45) is 0 Å². The van der Waals surface area contributed by atoms with Crippen molar-refractivity contribution in [1.29, 1.82) is 0 Å². The minimum atomic E-state index is -0.185. The Hall–Kier alpha value is -2.33. The first-order valence-electron chi connectivity index (χ1n) is 7.97. The molecule has 124 valence electrons. The molecule has 1 fully saturated rings. The Morgan fingerprint density at radius 1 is 1.25 bits per heavy atom. The van der Waals surface area contributed by atoms with Gasteiger partial charge in [0.1, 0.15) is 0 Å². The summed E-state index contributed by atoms with van der Waals surface area (Å²) in [5.41, 5.74) is 3.18. The Kier molecular flexibility index (Phi) is 4.86. The van der Waals surface area contributed by atoms with Crippen LogP contribution in [-0.2, 0) is 11.3 Å². The maximum atomic E-state index is 12.5. The molecule has 0 bridgehead atoms. The van der Waals surface area contributed by atoms with Crippen LogP contribution in [0.4, 0.5) is 5.69 Å². The lowest BCUT2D eigenvalue weighted by molar-refractivity contribution is -0.128. The van der Waals surface area contributed by atoms with Crippen LogP contribution in [0.15, 0.2) is 42.5 Å². The molecule has 0 saturated carbocycles. The van der Waals surface area contributed by atoms with Crippen LogP contribution < -0.4 is 5.32 Å². The lowest BCUT2D eigenvalue weighted by atomic mass is 10.1. The number of likely N-dealkylation sites (tertiary alicyclic amines) is 1. The van der Waals surface area contributed by atoms with Gasteiger partial charge in [0, 0.05) is 35.8 Å². The van der Waals surface area contributed by atoms with Crippen molar-refractivity contribution in [1.82, 2.24) is 4.90 Å². The van der Waals surface area contributed by atoms with E-state index < -0.39 is 0 Å². The van der Waals surface area contributed by atoms with Gasteiger partial charge in [-0.2, -0.15) is 0 Å². The molecule has 0 radical (unpaired) electrons. The standard InChI is InChI=1S/C19H19ClN2O2/c1-13-7-8-16(20)11-17(13)21-19(24)15-5-2-4-14(10-15)12-22-9-3-6-18(22)23/h2,4-5,7-8,10-11H,3,6,9,12H2,1H3,(H,21,24). The smallest absolute Gasteiger partial charge is 0.255 e. The molecule has 5 heteroatoms. The molecule has 0 aromatic heterocycles. The van der Waals surface area contributed by atoms with Crippen LogP contribution >= 0.6 is 11.6 Å². The summed E-state index contributed by atoms with van der Waals surface area (Å²) in [6, 6.07) is 12.8. The third-order valence-electron chi connectivity index (χ3n) is 4.18. The number of rotatable bonds is 4. The van der Waals surface area contributed by atoms with Gasteiger partial charge in [0.05, 0.1) is 0 Å². The molecule has 1 N–H and O–H groups in total. The van der Waals surface area contributed by atoms with Gasteiger partial charge in [0.2, 0.25) is 5.91 Å². The van der Waals surface area contributed by atoms with Gasteiger partial charge < -0.3 is 10.2 Å². The number of amides is 2. The third-order valence-corrected chi connectivity index (χ3v) is 4.42. The highest BCUT2D eigenvalue weighted by Gasteiger charge is 2.20. The summed E-state index contributed by atoms with van der Waals surface area (Å²) in [6.07, 6.45) is 1.53. The number of hydrogen-bond acceptors (Lipinski definition) is 2. The van der Waals surface area contributed by atoms with E-state index in [0.29, 0.717) is 29.2 Å². The van der Waals surface area contributed by atoms with Gasteiger partial charge in [-0.3, -0.25) is 9.59 Å². The molecule has 2 aromatic rings. The van der Waals surface area contributed by atoms with Crippen molar-refractivity contribution in [3.05, 3.63) is 64.2 Å². The van der Waals surface area contributed by atoms with Crippen molar-refractivity contribution < 1.29 is 9.59 Å². The normalized spacial score (nSPS) is 14.1. The quantitative estimate of drug-likeness (QED) is 0.912. The van der Waals surface area contributed by atoms with E-state index in [1.165, 1.54) is 0 Å². The zero-order chi connectivity index (χ0) is 17.1. The van der Waals surface area contributed by atoms with Crippen molar-refractivity contribution in [3.8, 4) is 0 Å². The Labute approximate surface area is 146 Å². The van der Waals surface area contributed by atoms with Crippen molar-refractivity contribution in [2.75, 3.05) is 11.9 Å². The molecule has 0 aliphatic carbocycles. The molecular formula is C19H19ClN2O2. The lowest BCUT2D eigenvalue weighted by Crippen LogP contribution is -2.24. The Morgan fingerprint density at radius 3 is 2.83 bits per heavy atom. The summed E-state index contributed by atoms with van der Waals surface area (Å²) in [7, 11) is 0. The van der Waals surface area contributed by atoms with E-state index in [9.17, 15) is 9.59 Å². The first-order chi connectivity index (χ1) is 11.5. The molecule has 1 heterocycles. The number of nitrogens with one attached hydrogen (secondary N) is 1. The fourth-order valence-corrected chi connectivity index (χ4v) is 3.00. The maximum absolute atomic E-state index is 12.5. The summed E-state index contributed by atoms with van der Waals surface area (Å²) >= 11 is 5.99. The average molecular weight is 343 g/mol. The second kappa shape index (κ2) is 7.05. The number of anilines is 1.